The van der Waals surface area contributed by atoms with Gasteiger partial charge in [-0.3, -0.25) is 0 Å². The van der Waals surface area contributed by atoms with Crippen molar-refractivity contribution in [3.63, 3.8) is 0 Å². The summed E-state index contributed by atoms with van der Waals surface area (Å²) < 4.78 is 5.46. The molecule has 3 aromatic rings. The Morgan fingerprint density at radius 2 is 1.83 bits per heavy atom. The van der Waals surface area contributed by atoms with Crippen molar-refractivity contribution < 1.29 is 4.74 Å². The Morgan fingerprint density at radius 1 is 1.08 bits per heavy atom. The van der Waals surface area contributed by atoms with Gasteiger partial charge in [-0.25, -0.2) is 9.97 Å². The average Bonchev–Trinajstić information content (AvgIpc) is 3.17. The van der Waals surface area contributed by atoms with Crippen LogP contribution in [0.5, 0.6) is 5.75 Å². The van der Waals surface area contributed by atoms with E-state index in [2.05, 4.69) is 49.3 Å². The predicted octanol–water partition coefficient (Wildman–Crippen LogP) is 2.18. The number of nitrogens with zero attached hydrogens (tertiary/aromatic N) is 6. The maximum Gasteiger partial charge on any atom is 0.225 e. The SMILES string of the molecule is CCN(CC)c1ncc(-c2cc(-c3nn[nH]n3)ccc2OC)cn1. The van der Waals surface area contributed by atoms with E-state index in [0.717, 1.165) is 41.5 Å². The highest BCUT2D eigenvalue weighted by Crippen LogP contribution is 2.32. The Kier molecular flexibility index (Phi) is 4.64. The molecule has 0 unspecified atom stereocenters. The number of hydrogen-bond donors (Lipinski definition) is 1. The standard InChI is InChI=1S/C16H19N7O/c1-4-23(5-2)16-17-9-12(10-18-16)13-8-11(6-7-14(13)24-3)15-19-21-22-20-15/h6-10H,4-5H2,1-3H3,(H,19,20,21,22). The molecule has 0 aliphatic carbocycles. The molecule has 124 valence electrons. The minimum Gasteiger partial charge on any atom is -0.496 e. The first-order chi connectivity index (χ1) is 11.8. The molecule has 0 aliphatic heterocycles. The molecular weight excluding hydrogens is 306 g/mol. The van der Waals surface area contributed by atoms with Crippen LogP contribution in [0.1, 0.15) is 13.8 Å². The summed E-state index contributed by atoms with van der Waals surface area (Å²) in [6, 6.07) is 5.71. The van der Waals surface area contributed by atoms with Crippen LogP contribution in [0.15, 0.2) is 30.6 Å². The van der Waals surface area contributed by atoms with Gasteiger partial charge < -0.3 is 9.64 Å². The van der Waals surface area contributed by atoms with Crippen LogP contribution in [0.3, 0.4) is 0 Å². The fourth-order valence-electron chi connectivity index (χ4n) is 2.49. The minimum absolute atomic E-state index is 0.527. The van der Waals surface area contributed by atoms with Crippen LogP contribution in [-0.2, 0) is 0 Å². The molecule has 2 heterocycles. The van der Waals surface area contributed by atoms with E-state index in [9.17, 15) is 0 Å². The zero-order valence-corrected chi connectivity index (χ0v) is 13.9. The summed E-state index contributed by atoms with van der Waals surface area (Å²) >= 11 is 0. The quantitative estimate of drug-likeness (QED) is 0.742. The Bertz CT molecular complexity index is 783. The lowest BCUT2D eigenvalue weighted by Crippen LogP contribution is -2.23. The lowest BCUT2D eigenvalue weighted by atomic mass is 10.0. The molecule has 8 heteroatoms. The number of H-pyrrole nitrogens is 1. The zero-order chi connectivity index (χ0) is 16.9. The molecule has 0 amide bonds. The van der Waals surface area contributed by atoms with Gasteiger partial charge in [0, 0.05) is 42.2 Å². The summed E-state index contributed by atoms with van der Waals surface area (Å²) in [5.74, 6) is 1.98. The summed E-state index contributed by atoms with van der Waals surface area (Å²) in [5, 5.41) is 14.1. The van der Waals surface area contributed by atoms with E-state index in [1.165, 1.54) is 0 Å². The number of tetrazole rings is 1. The van der Waals surface area contributed by atoms with Crippen molar-refractivity contribution in [2.45, 2.75) is 13.8 Å². The van der Waals surface area contributed by atoms with Crippen LogP contribution in [0.4, 0.5) is 5.95 Å². The highest BCUT2D eigenvalue weighted by molar-refractivity contribution is 5.75. The molecule has 0 saturated carbocycles. The molecule has 0 aliphatic rings. The Labute approximate surface area is 139 Å². The van der Waals surface area contributed by atoms with E-state index in [1.807, 2.05) is 18.2 Å². The third-order valence-electron chi connectivity index (χ3n) is 3.80. The van der Waals surface area contributed by atoms with Crippen molar-refractivity contribution in [2.75, 3.05) is 25.1 Å². The minimum atomic E-state index is 0.527. The van der Waals surface area contributed by atoms with Crippen molar-refractivity contribution in [3.8, 4) is 28.3 Å². The predicted molar refractivity (Wildman–Crippen MR) is 90.8 cm³/mol. The zero-order valence-electron chi connectivity index (χ0n) is 13.9. The van der Waals surface area contributed by atoms with E-state index >= 15 is 0 Å². The normalized spacial score (nSPS) is 10.6. The van der Waals surface area contributed by atoms with Gasteiger partial charge in [-0.1, -0.05) is 0 Å². The first-order valence-electron chi connectivity index (χ1n) is 7.76. The lowest BCUT2D eigenvalue weighted by molar-refractivity contribution is 0.416. The van der Waals surface area contributed by atoms with Gasteiger partial charge in [0.15, 0.2) is 0 Å². The number of hydrogen-bond acceptors (Lipinski definition) is 7. The van der Waals surface area contributed by atoms with Gasteiger partial charge in [0.2, 0.25) is 11.8 Å². The fraction of sp³-hybridized carbons (Fsp3) is 0.312. The Morgan fingerprint density at radius 3 is 2.42 bits per heavy atom. The number of aromatic nitrogens is 6. The molecule has 0 spiro atoms. The Hall–Kier alpha value is -3.03. The van der Waals surface area contributed by atoms with Crippen molar-refractivity contribution in [1.82, 2.24) is 30.6 Å². The summed E-state index contributed by atoms with van der Waals surface area (Å²) in [7, 11) is 1.64. The molecule has 0 fully saturated rings. The third-order valence-corrected chi connectivity index (χ3v) is 3.80. The van der Waals surface area contributed by atoms with E-state index in [0.29, 0.717) is 5.82 Å². The van der Waals surface area contributed by atoms with Gasteiger partial charge in [0.1, 0.15) is 5.75 Å². The first-order valence-corrected chi connectivity index (χ1v) is 7.76. The maximum atomic E-state index is 5.46. The smallest absolute Gasteiger partial charge is 0.225 e. The fourth-order valence-corrected chi connectivity index (χ4v) is 2.49. The third kappa shape index (κ3) is 3.03. The van der Waals surface area contributed by atoms with E-state index in [1.54, 1.807) is 19.5 Å². The summed E-state index contributed by atoms with van der Waals surface area (Å²) in [4.78, 5) is 11.0. The summed E-state index contributed by atoms with van der Waals surface area (Å²) in [6.07, 6.45) is 3.61. The second kappa shape index (κ2) is 7.03. The van der Waals surface area contributed by atoms with Crippen LogP contribution in [0.25, 0.3) is 22.5 Å². The van der Waals surface area contributed by atoms with Crippen molar-refractivity contribution >= 4 is 5.95 Å². The number of benzene rings is 1. The van der Waals surface area contributed by atoms with E-state index in [-0.39, 0.29) is 0 Å². The van der Waals surface area contributed by atoms with Gasteiger partial charge in [-0.05, 0) is 37.3 Å². The second-order valence-corrected chi connectivity index (χ2v) is 5.09. The second-order valence-electron chi connectivity index (χ2n) is 5.09. The molecule has 1 N–H and O–H groups in total. The largest absolute Gasteiger partial charge is 0.496 e. The van der Waals surface area contributed by atoms with Gasteiger partial charge in [-0.15, -0.1) is 10.2 Å². The van der Waals surface area contributed by atoms with Gasteiger partial charge in [0.25, 0.3) is 0 Å². The first kappa shape index (κ1) is 15.9. The molecule has 1 aromatic carbocycles. The Balaban J connectivity index is 2.00. The van der Waals surface area contributed by atoms with E-state index in [4.69, 9.17) is 4.74 Å². The van der Waals surface area contributed by atoms with Gasteiger partial charge in [-0.2, -0.15) is 5.21 Å². The molecule has 2 aromatic heterocycles. The number of rotatable bonds is 6. The van der Waals surface area contributed by atoms with Crippen LogP contribution >= 0.6 is 0 Å². The van der Waals surface area contributed by atoms with Crippen LogP contribution in [-0.4, -0.2) is 50.8 Å². The average molecular weight is 325 g/mol. The highest BCUT2D eigenvalue weighted by Gasteiger charge is 2.12. The molecule has 0 bridgehead atoms. The molecule has 0 saturated heterocycles. The molecule has 24 heavy (non-hydrogen) atoms. The van der Waals surface area contributed by atoms with Gasteiger partial charge in [0.05, 0.1) is 7.11 Å². The van der Waals surface area contributed by atoms with Crippen molar-refractivity contribution in [1.29, 1.82) is 0 Å². The van der Waals surface area contributed by atoms with Crippen LogP contribution < -0.4 is 9.64 Å². The van der Waals surface area contributed by atoms with Gasteiger partial charge >= 0.3 is 0 Å². The number of nitrogens with one attached hydrogen (secondary N) is 1. The van der Waals surface area contributed by atoms with Crippen LogP contribution in [0, 0.1) is 0 Å². The summed E-state index contributed by atoms with van der Waals surface area (Å²) in [6.45, 7) is 5.90. The highest BCUT2D eigenvalue weighted by atomic mass is 16.5. The summed E-state index contributed by atoms with van der Waals surface area (Å²) in [5.41, 5.74) is 2.59. The van der Waals surface area contributed by atoms with Crippen molar-refractivity contribution in [3.05, 3.63) is 30.6 Å². The number of ether oxygens (including phenoxy) is 1. The molecular formula is C16H19N7O. The van der Waals surface area contributed by atoms with Crippen LogP contribution in [0.2, 0.25) is 0 Å². The molecule has 8 nitrogen and oxygen atoms in total. The lowest BCUT2D eigenvalue weighted by Gasteiger charge is -2.18. The topological polar surface area (TPSA) is 92.7 Å². The molecule has 0 radical (unpaired) electrons. The van der Waals surface area contributed by atoms with Crippen molar-refractivity contribution in [2.24, 2.45) is 0 Å². The maximum absolute atomic E-state index is 5.46. The number of aromatic amines is 1. The molecule has 3 rings (SSSR count). The number of anilines is 1. The molecule has 0 atom stereocenters. The number of methoxy groups -OCH3 is 1. The van der Waals surface area contributed by atoms with E-state index < -0.39 is 0 Å². The monoisotopic (exact) mass is 325 g/mol.